The third-order valence-corrected chi connectivity index (χ3v) is 3.10. The van der Waals surface area contributed by atoms with Gasteiger partial charge in [0.1, 0.15) is 0 Å². The number of amides is 1. The molecule has 1 aliphatic rings. The second kappa shape index (κ2) is 5.80. The minimum absolute atomic E-state index is 0.375. The van der Waals surface area contributed by atoms with Crippen LogP contribution in [0.4, 0.5) is 0 Å². The van der Waals surface area contributed by atoms with Gasteiger partial charge >= 0.3 is 0 Å². The average Bonchev–Trinajstić information content (AvgIpc) is 2.38. The van der Waals surface area contributed by atoms with Crippen LogP contribution in [0.2, 0.25) is 0 Å². The van der Waals surface area contributed by atoms with Crippen LogP contribution in [0.1, 0.15) is 35.2 Å². The van der Waals surface area contributed by atoms with Crippen molar-refractivity contribution in [3.8, 4) is 0 Å². The van der Waals surface area contributed by atoms with Crippen LogP contribution >= 0.6 is 0 Å². The van der Waals surface area contributed by atoms with E-state index < -0.39 is 0 Å². The Morgan fingerprint density at radius 3 is 2.41 bits per heavy atom. The summed E-state index contributed by atoms with van der Waals surface area (Å²) >= 11 is 0. The highest BCUT2D eigenvalue weighted by molar-refractivity contribution is 5.92. The van der Waals surface area contributed by atoms with Gasteiger partial charge in [0.2, 0.25) is 5.91 Å². The molecule has 4 nitrogen and oxygen atoms in total. The lowest BCUT2D eigenvalue weighted by atomic mass is 10.1. The standard InChI is InChI=1S/C13H19N3O/c14-13(17)12-6-4-11(5-7-12)10-15-16-8-2-1-3-9-16/h4-7,15H,1-3,8-10H2,(H2,14,17). The van der Waals surface area contributed by atoms with Gasteiger partial charge in [-0.1, -0.05) is 18.6 Å². The Kier molecular flexibility index (Phi) is 4.12. The zero-order valence-corrected chi connectivity index (χ0v) is 9.98. The SMILES string of the molecule is NC(=O)c1ccc(CNN2CCCCC2)cc1. The highest BCUT2D eigenvalue weighted by Crippen LogP contribution is 2.08. The van der Waals surface area contributed by atoms with Crippen LogP contribution in [0.3, 0.4) is 0 Å². The molecular formula is C13H19N3O. The Morgan fingerprint density at radius 2 is 1.82 bits per heavy atom. The van der Waals surface area contributed by atoms with Crippen molar-refractivity contribution in [2.24, 2.45) is 5.73 Å². The van der Waals surface area contributed by atoms with Gasteiger partial charge in [0.05, 0.1) is 0 Å². The fourth-order valence-corrected chi connectivity index (χ4v) is 2.04. The topological polar surface area (TPSA) is 58.4 Å². The molecule has 17 heavy (non-hydrogen) atoms. The van der Waals surface area contributed by atoms with Crippen molar-refractivity contribution in [2.75, 3.05) is 13.1 Å². The zero-order valence-electron chi connectivity index (χ0n) is 9.98. The largest absolute Gasteiger partial charge is 0.366 e. The van der Waals surface area contributed by atoms with Gasteiger partial charge in [-0.3, -0.25) is 10.2 Å². The summed E-state index contributed by atoms with van der Waals surface area (Å²) in [5.74, 6) is -0.375. The molecule has 1 saturated heterocycles. The van der Waals surface area contributed by atoms with Crippen molar-refractivity contribution in [2.45, 2.75) is 25.8 Å². The first-order valence-electron chi connectivity index (χ1n) is 6.13. The van der Waals surface area contributed by atoms with E-state index in [1.54, 1.807) is 12.1 Å². The molecule has 92 valence electrons. The van der Waals surface area contributed by atoms with E-state index in [0.29, 0.717) is 5.56 Å². The number of nitrogens with one attached hydrogen (secondary N) is 1. The van der Waals surface area contributed by atoms with E-state index >= 15 is 0 Å². The first-order valence-corrected chi connectivity index (χ1v) is 6.13. The van der Waals surface area contributed by atoms with Crippen molar-refractivity contribution in [1.82, 2.24) is 10.4 Å². The van der Waals surface area contributed by atoms with Crippen molar-refractivity contribution < 1.29 is 4.79 Å². The summed E-state index contributed by atoms with van der Waals surface area (Å²) in [4.78, 5) is 10.9. The Labute approximate surface area is 102 Å². The highest BCUT2D eigenvalue weighted by Gasteiger charge is 2.08. The average molecular weight is 233 g/mol. The number of piperidine rings is 1. The molecular weight excluding hydrogens is 214 g/mol. The lowest BCUT2D eigenvalue weighted by molar-refractivity contribution is 0.100. The lowest BCUT2D eigenvalue weighted by Crippen LogP contribution is -2.41. The Bertz CT molecular complexity index is 369. The Hall–Kier alpha value is -1.39. The molecule has 1 aromatic rings. The molecule has 0 aromatic heterocycles. The van der Waals surface area contributed by atoms with E-state index in [4.69, 9.17) is 5.73 Å². The number of nitrogens with zero attached hydrogens (tertiary/aromatic N) is 1. The van der Waals surface area contributed by atoms with Gasteiger partial charge in [-0.15, -0.1) is 0 Å². The van der Waals surface area contributed by atoms with E-state index in [1.165, 1.54) is 24.8 Å². The van der Waals surface area contributed by atoms with Gasteiger partial charge in [-0.05, 0) is 30.5 Å². The molecule has 1 aromatic carbocycles. The van der Waals surface area contributed by atoms with E-state index in [0.717, 1.165) is 19.6 Å². The molecule has 1 heterocycles. The quantitative estimate of drug-likeness (QED) is 0.823. The van der Waals surface area contributed by atoms with Crippen molar-refractivity contribution in [1.29, 1.82) is 0 Å². The molecule has 0 aliphatic carbocycles. The first kappa shape index (κ1) is 12.1. The second-order valence-electron chi connectivity index (χ2n) is 4.44. The van der Waals surface area contributed by atoms with E-state index in [9.17, 15) is 4.79 Å². The molecule has 1 fully saturated rings. The number of nitrogens with two attached hydrogens (primary N) is 1. The van der Waals surface area contributed by atoms with Crippen LogP contribution in [0.5, 0.6) is 0 Å². The van der Waals surface area contributed by atoms with Crippen LogP contribution in [-0.4, -0.2) is 24.0 Å². The van der Waals surface area contributed by atoms with Crippen molar-refractivity contribution in [3.05, 3.63) is 35.4 Å². The maximum Gasteiger partial charge on any atom is 0.248 e. The summed E-state index contributed by atoms with van der Waals surface area (Å²) in [5.41, 5.74) is 10.3. The highest BCUT2D eigenvalue weighted by atomic mass is 16.1. The summed E-state index contributed by atoms with van der Waals surface area (Å²) in [6, 6.07) is 7.43. The monoisotopic (exact) mass is 233 g/mol. The number of hydrogen-bond donors (Lipinski definition) is 2. The second-order valence-corrected chi connectivity index (χ2v) is 4.44. The first-order chi connectivity index (χ1) is 8.25. The smallest absolute Gasteiger partial charge is 0.248 e. The van der Waals surface area contributed by atoms with Crippen LogP contribution in [0.15, 0.2) is 24.3 Å². The molecule has 2 rings (SSSR count). The summed E-state index contributed by atoms with van der Waals surface area (Å²) in [5, 5.41) is 2.27. The summed E-state index contributed by atoms with van der Waals surface area (Å²) in [6.45, 7) is 3.05. The van der Waals surface area contributed by atoms with E-state index in [-0.39, 0.29) is 5.91 Å². The number of benzene rings is 1. The maximum atomic E-state index is 10.9. The maximum absolute atomic E-state index is 10.9. The molecule has 3 N–H and O–H groups in total. The van der Waals surface area contributed by atoms with Gasteiger partial charge in [0.15, 0.2) is 0 Å². The van der Waals surface area contributed by atoms with Gasteiger partial charge in [-0.2, -0.15) is 0 Å². The number of carbonyl (C=O) groups excluding carboxylic acids is 1. The molecule has 1 amide bonds. The Morgan fingerprint density at radius 1 is 1.18 bits per heavy atom. The minimum Gasteiger partial charge on any atom is -0.366 e. The normalized spacial score (nSPS) is 16.9. The van der Waals surface area contributed by atoms with Crippen LogP contribution in [0, 0.1) is 0 Å². The number of carbonyl (C=O) groups is 1. The van der Waals surface area contributed by atoms with Crippen molar-refractivity contribution in [3.63, 3.8) is 0 Å². The van der Waals surface area contributed by atoms with E-state index in [1.807, 2.05) is 12.1 Å². The fraction of sp³-hybridized carbons (Fsp3) is 0.462. The predicted octanol–water partition coefficient (Wildman–Crippen LogP) is 1.28. The molecule has 0 saturated carbocycles. The molecule has 0 bridgehead atoms. The van der Waals surface area contributed by atoms with Crippen molar-refractivity contribution >= 4 is 5.91 Å². The molecule has 4 heteroatoms. The fourth-order valence-electron chi connectivity index (χ4n) is 2.04. The third kappa shape index (κ3) is 3.54. The van der Waals surface area contributed by atoms with Gasteiger partial charge < -0.3 is 5.73 Å². The van der Waals surface area contributed by atoms with Gasteiger partial charge in [0, 0.05) is 25.2 Å². The molecule has 0 atom stereocenters. The van der Waals surface area contributed by atoms with Gasteiger partial charge in [0.25, 0.3) is 0 Å². The lowest BCUT2D eigenvalue weighted by Gasteiger charge is -2.27. The summed E-state index contributed by atoms with van der Waals surface area (Å²) < 4.78 is 0. The number of hydrogen-bond acceptors (Lipinski definition) is 3. The van der Waals surface area contributed by atoms with Crippen LogP contribution in [0.25, 0.3) is 0 Å². The molecule has 0 unspecified atom stereocenters. The molecule has 0 radical (unpaired) electrons. The summed E-state index contributed by atoms with van der Waals surface area (Å²) in [6.07, 6.45) is 3.88. The zero-order chi connectivity index (χ0) is 12.1. The van der Waals surface area contributed by atoms with E-state index in [2.05, 4.69) is 10.4 Å². The molecule has 1 aliphatic heterocycles. The predicted molar refractivity (Wildman–Crippen MR) is 67.2 cm³/mol. The van der Waals surface area contributed by atoms with Crippen LogP contribution in [-0.2, 0) is 6.54 Å². The van der Waals surface area contributed by atoms with Crippen LogP contribution < -0.4 is 11.2 Å². The number of primary amides is 1. The Balaban J connectivity index is 1.84. The minimum atomic E-state index is -0.375. The molecule has 0 spiro atoms. The number of hydrazine groups is 1. The summed E-state index contributed by atoms with van der Waals surface area (Å²) in [7, 11) is 0. The number of rotatable bonds is 4. The third-order valence-electron chi connectivity index (χ3n) is 3.10. The van der Waals surface area contributed by atoms with Gasteiger partial charge in [-0.25, -0.2) is 5.01 Å².